The molecule has 0 bridgehead atoms. The summed E-state index contributed by atoms with van der Waals surface area (Å²) in [4.78, 5) is 11.3. The summed E-state index contributed by atoms with van der Waals surface area (Å²) >= 11 is 0. The van der Waals surface area contributed by atoms with Crippen LogP contribution in [-0.4, -0.2) is 5.78 Å². The monoisotopic (exact) mass is 177 g/mol. The van der Waals surface area contributed by atoms with Crippen molar-refractivity contribution in [2.75, 3.05) is 5.73 Å². The minimum atomic E-state index is 0.298. The van der Waals surface area contributed by atoms with Crippen molar-refractivity contribution < 1.29 is 4.79 Å². The molecular formula is C11H15NO. The molecule has 0 fully saturated rings. The molecule has 2 nitrogen and oxygen atoms in total. The first-order valence-corrected chi connectivity index (χ1v) is 4.58. The molecule has 0 spiro atoms. The number of nitrogens with two attached hydrogens (primary N) is 1. The average molecular weight is 177 g/mol. The number of ketones is 1. The molecule has 0 atom stereocenters. The van der Waals surface area contributed by atoms with Gasteiger partial charge in [-0.25, -0.2) is 0 Å². The molecule has 0 aliphatic carbocycles. The number of carbonyl (C=O) groups is 1. The maximum absolute atomic E-state index is 11.3. The zero-order chi connectivity index (χ0) is 9.68. The second-order valence-electron chi connectivity index (χ2n) is 3.21. The van der Waals surface area contributed by atoms with Gasteiger partial charge in [0.25, 0.3) is 0 Å². The molecule has 13 heavy (non-hydrogen) atoms. The highest BCUT2D eigenvalue weighted by Gasteiger charge is 2.01. The molecule has 0 aliphatic rings. The normalized spacial score (nSPS) is 9.92. The van der Waals surface area contributed by atoms with Gasteiger partial charge >= 0.3 is 0 Å². The Hall–Kier alpha value is -1.31. The molecule has 0 unspecified atom stereocenters. The molecule has 0 aliphatic heterocycles. The molecule has 0 amide bonds. The van der Waals surface area contributed by atoms with Gasteiger partial charge in [-0.3, -0.25) is 4.79 Å². The van der Waals surface area contributed by atoms with Crippen LogP contribution in [0.2, 0.25) is 0 Å². The van der Waals surface area contributed by atoms with E-state index in [4.69, 9.17) is 5.73 Å². The molecule has 0 saturated carbocycles. The summed E-state index contributed by atoms with van der Waals surface area (Å²) in [5.74, 6) is 0.298. The average Bonchev–Trinajstić information content (AvgIpc) is 2.09. The number of Topliss-reactive ketones (excluding diaryl/α,β-unsaturated/α-hetero) is 1. The molecule has 0 aromatic heterocycles. The summed E-state index contributed by atoms with van der Waals surface area (Å²) in [6.07, 6.45) is 2.13. The summed E-state index contributed by atoms with van der Waals surface area (Å²) in [5, 5.41) is 0. The van der Waals surface area contributed by atoms with Crippen LogP contribution in [0.5, 0.6) is 0 Å². The van der Waals surface area contributed by atoms with Crippen molar-refractivity contribution in [1.29, 1.82) is 0 Å². The number of hydrogen-bond donors (Lipinski definition) is 1. The smallest absolute Gasteiger partial charge is 0.137 e. The summed E-state index contributed by atoms with van der Waals surface area (Å²) < 4.78 is 0. The SMILES string of the molecule is CCCC(=O)Cc1ccc(N)cc1. The topological polar surface area (TPSA) is 43.1 Å². The van der Waals surface area contributed by atoms with Crippen LogP contribution in [0, 0.1) is 0 Å². The van der Waals surface area contributed by atoms with Crippen molar-refractivity contribution in [2.24, 2.45) is 0 Å². The van der Waals surface area contributed by atoms with E-state index in [9.17, 15) is 4.79 Å². The largest absolute Gasteiger partial charge is 0.399 e. The highest BCUT2D eigenvalue weighted by atomic mass is 16.1. The standard InChI is InChI=1S/C11H15NO/c1-2-3-11(13)8-9-4-6-10(12)7-5-9/h4-7H,2-3,8,12H2,1H3. The number of rotatable bonds is 4. The minimum Gasteiger partial charge on any atom is -0.399 e. The summed E-state index contributed by atoms with van der Waals surface area (Å²) in [6, 6.07) is 7.47. The highest BCUT2D eigenvalue weighted by Crippen LogP contribution is 2.07. The molecule has 1 aromatic carbocycles. The third-order valence-electron chi connectivity index (χ3n) is 1.91. The van der Waals surface area contributed by atoms with Gasteiger partial charge in [-0.15, -0.1) is 0 Å². The van der Waals surface area contributed by atoms with E-state index in [2.05, 4.69) is 0 Å². The van der Waals surface area contributed by atoms with Crippen LogP contribution in [0.15, 0.2) is 24.3 Å². The lowest BCUT2D eigenvalue weighted by atomic mass is 10.1. The maximum atomic E-state index is 11.3. The van der Waals surface area contributed by atoms with Crippen molar-refractivity contribution in [2.45, 2.75) is 26.2 Å². The van der Waals surface area contributed by atoms with E-state index in [-0.39, 0.29) is 0 Å². The summed E-state index contributed by atoms with van der Waals surface area (Å²) in [5.41, 5.74) is 7.32. The third-order valence-corrected chi connectivity index (χ3v) is 1.91. The Kier molecular flexibility index (Phi) is 3.50. The van der Waals surface area contributed by atoms with Gasteiger partial charge in [-0.2, -0.15) is 0 Å². The molecule has 70 valence electrons. The molecule has 1 rings (SSSR count). The van der Waals surface area contributed by atoms with E-state index in [1.807, 2.05) is 31.2 Å². The highest BCUT2D eigenvalue weighted by molar-refractivity contribution is 5.80. The van der Waals surface area contributed by atoms with Crippen molar-refractivity contribution in [1.82, 2.24) is 0 Å². The van der Waals surface area contributed by atoms with Gasteiger partial charge in [0.15, 0.2) is 0 Å². The maximum Gasteiger partial charge on any atom is 0.137 e. The fraction of sp³-hybridized carbons (Fsp3) is 0.364. The lowest BCUT2D eigenvalue weighted by Crippen LogP contribution is -2.01. The van der Waals surface area contributed by atoms with E-state index in [0.29, 0.717) is 18.6 Å². The first kappa shape index (κ1) is 9.78. The Morgan fingerprint density at radius 3 is 2.46 bits per heavy atom. The number of hydrogen-bond acceptors (Lipinski definition) is 2. The van der Waals surface area contributed by atoms with Gasteiger partial charge in [0, 0.05) is 18.5 Å². The Bertz CT molecular complexity index is 277. The number of carbonyl (C=O) groups excluding carboxylic acids is 1. The Morgan fingerprint density at radius 2 is 1.92 bits per heavy atom. The summed E-state index contributed by atoms with van der Waals surface area (Å²) in [7, 11) is 0. The first-order chi connectivity index (χ1) is 6.22. The zero-order valence-electron chi connectivity index (χ0n) is 7.92. The predicted molar refractivity (Wildman–Crippen MR) is 54.5 cm³/mol. The molecule has 0 saturated heterocycles. The second-order valence-corrected chi connectivity index (χ2v) is 3.21. The van der Waals surface area contributed by atoms with E-state index >= 15 is 0 Å². The molecular weight excluding hydrogens is 162 g/mol. The Labute approximate surface area is 78.8 Å². The van der Waals surface area contributed by atoms with Crippen LogP contribution in [0.4, 0.5) is 5.69 Å². The van der Waals surface area contributed by atoms with Crippen LogP contribution in [0.25, 0.3) is 0 Å². The summed E-state index contributed by atoms with van der Waals surface area (Å²) in [6.45, 7) is 2.01. The quantitative estimate of drug-likeness (QED) is 0.716. The van der Waals surface area contributed by atoms with Crippen molar-refractivity contribution in [3.05, 3.63) is 29.8 Å². The second kappa shape index (κ2) is 4.65. The van der Waals surface area contributed by atoms with Gasteiger partial charge in [0.1, 0.15) is 5.78 Å². The predicted octanol–water partition coefficient (Wildman–Crippen LogP) is 2.18. The van der Waals surface area contributed by atoms with E-state index in [1.165, 1.54) is 0 Å². The van der Waals surface area contributed by atoms with Crippen LogP contribution >= 0.6 is 0 Å². The van der Waals surface area contributed by atoms with Crippen molar-refractivity contribution in [3.63, 3.8) is 0 Å². The fourth-order valence-electron chi connectivity index (χ4n) is 1.23. The molecule has 0 radical (unpaired) electrons. The Balaban J connectivity index is 2.54. The Morgan fingerprint density at radius 1 is 1.31 bits per heavy atom. The molecule has 2 heteroatoms. The third kappa shape index (κ3) is 3.28. The van der Waals surface area contributed by atoms with Gasteiger partial charge in [-0.1, -0.05) is 19.1 Å². The lowest BCUT2D eigenvalue weighted by Gasteiger charge is -2.00. The number of benzene rings is 1. The van der Waals surface area contributed by atoms with E-state index in [1.54, 1.807) is 0 Å². The van der Waals surface area contributed by atoms with Gasteiger partial charge in [0.2, 0.25) is 0 Å². The first-order valence-electron chi connectivity index (χ1n) is 4.58. The fourth-order valence-corrected chi connectivity index (χ4v) is 1.23. The van der Waals surface area contributed by atoms with Gasteiger partial charge in [0.05, 0.1) is 0 Å². The van der Waals surface area contributed by atoms with Crippen LogP contribution in [0.3, 0.4) is 0 Å². The van der Waals surface area contributed by atoms with Crippen LogP contribution in [0.1, 0.15) is 25.3 Å². The number of anilines is 1. The van der Waals surface area contributed by atoms with Crippen LogP contribution in [-0.2, 0) is 11.2 Å². The van der Waals surface area contributed by atoms with Crippen molar-refractivity contribution in [3.8, 4) is 0 Å². The number of nitrogen functional groups attached to an aromatic ring is 1. The molecule has 0 heterocycles. The van der Waals surface area contributed by atoms with Crippen LogP contribution < -0.4 is 5.73 Å². The van der Waals surface area contributed by atoms with E-state index in [0.717, 1.165) is 17.7 Å². The van der Waals surface area contributed by atoms with Gasteiger partial charge in [-0.05, 0) is 24.1 Å². The van der Waals surface area contributed by atoms with E-state index < -0.39 is 0 Å². The minimum absolute atomic E-state index is 0.298. The molecule has 1 aromatic rings. The van der Waals surface area contributed by atoms with Crippen molar-refractivity contribution >= 4 is 11.5 Å². The van der Waals surface area contributed by atoms with Gasteiger partial charge < -0.3 is 5.73 Å². The molecule has 2 N–H and O–H groups in total. The lowest BCUT2D eigenvalue weighted by molar-refractivity contribution is -0.118. The zero-order valence-corrected chi connectivity index (χ0v) is 7.92.